The molecule has 0 N–H and O–H groups in total. The van der Waals surface area contributed by atoms with Crippen molar-refractivity contribution in [3.8, 4) is 0 Å². The summed E-state index contributed by atoms with van der Waals surface area (Å²) >= 11 is 5.25. The highest BCUT2D eigenvalue weighted by atomic mass is 35.5. The molecule has 0 bridgehead atoms. The first-order valence-electron chi connectivity index (χ1n) is 2.24. The average molecular weight is 148 g/mol. The Morgan fingerprint density at radius 1 is 1.67 bits per heavy atom. The van der Waals surface area contributed by atoms with Crippen LogP contribution >= 0.6 is 11.6 Å². The molecule has 0 aliphatic heterocycles. The molecule has 0 atom stereocenters. The maximum atomic E-state index is 12.2. The zero-order chi connectivity index (χ0) is 6.85. The smallest absolute Gasteiger partial charge is 0.217 e. The lowest BCUT2D eigenvalue weighted by molar-refractivity contribution is -0.607. The predicted octanol–water partition coefficient (Wildman–Crippen LogP) is 1.11. The van der Waals surface area contributed by atoms with Gasteiger partial charge < -0.3 is 5.21 Å². The van der Waals surface area contributed by atoms with Gasteiger partial charge in [0.05, 0.1) is 5.02 Å². The van der Waals surface area contributed by atoms with Crippen molar-refractivity contribution in [3.63, 3.8) is 0 Å². The third kappa shape index (κ3) is 1.29. The third-order valence-corrected chi connectivity index (χ3v) is 1.14. The highest BCUT2D eigenvalue weighted by Crippen LogP contribution is 2.08. The minimum Gasteiger partial charge on any atom is -0.619 e. The molecule has 0 aliphatic carbocycles. The van der Waals surface area contributed by atoms with Gasteiger partial charge in [-0.1, -0.05) is 11.6 Å². The van der Waals surface area contributed by atoms with Crippen LogP contribution in [0.5, 0.6) is 0 Å². The van der Waals surface area contributed by atoms with Crippen LogP contribution in [0.1, 0.15) is 0 Å². The predicted molar refractivity (Wildman–Crippen MR) is 30.4 cm³/mol. The van der Waals surface area contributed by atoms with Crippen molar-refractivity contribution in [3.05, 3.63) is 34.5 Å². The monoisotopic (exact) mass is 147 g/mol. The summed E-state index contributed by atoms with van der Waals surface area (Å²) in [5, 5.41) is 10.2. The molecular formula is C5H3ClFNO. The number of nitrogens with zero attached hydrogens (tertiary/aromatic N) is 1. The second-order valence-corrected chi connectivity index (χ2v) is 1.91. The van der Waals surface area contributed by atoms with Gasteiger partial charge in [-0.2, -0.15) is 9.12 Å². The highest BCUT2D eigenvalue weighted by Gasteiger charge is 2.00. The molecule has 1 aromatic rings. The van der Waals surface area contributed by atoms with Crippen molar-refractivity contribution in [2.45, 2.75) is 0 Å². The first-order valence-corrected chi connectivity index (χ1v) is 2.62. The summed E-state index contributed by atoms with van der Waals surface area (Å²) in [6, 6.07) is 1.20. The van der Waals surface area contributed by atoms with E-state index >= 15 is 0 Å². The Hall–Kier alpha value is -0.830. The molecule has 48 valence electrons. The number of halogens is 2. The maximum absolute atomic E-state index is 12.2. The van der Waals surface area contributed by atoms with E-state index < -0.39 is 5.82 Å². The van der Waals surface area contributed by atoms with E-state index in [1.807, 2.05) is 0 Å². The van der Waals surface area contributed by atoms with E-state index in [0.29, 0.717) is 4.73 Å². The maximum Gasteiger partial charge on any atom is 0.217 e. The Labute approximate surface area is 56.1 Å². The molecule has 1 heterocycles. The minimum absolute atomic E-state index is 0.0397. The zero-order valence-electron chi connectivity index (χ0n) is 4.34. The standard InChI is InChI=1S/C5H3ClFNO/c6-4-1-2-8(9)3-5(4)7/h1-3H. The fourth-order valence-corrected chi connectivity index (χ4v) is 0.540. The molecule has 0 aromatic carbocycles. The van der Waals surface area contributed by atoms with Crippen LogP contribution in [0.25, 0.3) is 0 Å². The molecule has 0 saturated heterocycles. The second kappa shape index (κ2) is 2.19. The van der Waals surface area contributed by atoms with E-state index in [2.05, 4.69) is 0 Å². The normalized spacial score (nSPS) is 9.56. The molecule has 1 aromatic heterocycles. The molecule has 0 aliphatic rings. The van der Waals surface area contributed by atoms with E-state index in [0.717, 1.165) is 12.4 Å². The third-order valence-electron chi connectivity index (χ3n) is 0.837. The SMILES string of the molecule is [O-][n+]1ccc(Cl)c(F)c1. The molecule has 0 saturated carbocycles. The average Bonchev–Trinajstić information content (AvgIpc) is 1.80. The van der Waals surface area contributed by atoms with Crippen LogP contribution < -0.4 is 4.73 Å². The van der Waals surface area contributed by atoms with E-state index in [9.17, 15) is 9.60 Å². The molecule has 0 amide bonds. The number of rotatable bonds is 0. The van der Waals surface area contributed by atoms with Crippen molar-refractivity contribution in [1.29, 1.82) is 0 Å². The summed E-state index contributed by atoms with van der Waals surface area (Å²) in [5.74, 6) is -0.700. The summed E-state index contributed by atoms with van der Waals surface area (Å²) in [5.41, 5.74) is 0. The van der Waals surface area contributed by atoms with Crippen LogP contribution in [0, 0.1) is 11.0 Å². The topological polar surface area (TPSA) is 26.9 Å². The van der Waals surface area contributed by atoms with E-state index in [1.54, 1.807) is 0 Å². The lowest BCUT2D eigenvalue weighted by Crippen LogP contribution is -2.24. The van der Waals surface area contributed by atoms with Crippen LogP contribution in [0.2, 0.25) is 5.02 Å². The van der Waals surface area contributed by atoms with Crippen molar-refractivity contribution >= 4 is 11.6 Å². The molecule has 0 radical (unpaired) electrons. The number of hydrogen-bond acceptors (Lipinski definition) is 1. The first-order chi connectivity index (χ1) is 4.20. The van der Waals surface area contributed by atoms with Gasteiger partial charge in [-0.3, -0.25) is 0 Å². The molecule has 0 unspecified atom stereocenters. The van der Waals surface area contributed by atoms with Gasteiger partial charge in [-0.25, -0.2) is 0 Å². The molecule has 9 heavy (non-hydrogen) atoms. The summed E-state index contributed by atoms with van der Waals surface area (Å²) in [4.78, 5) is 0. The largest absolute Gasteiger partial charge is 0.619 e. The van der Waals surface area contributed by atoms with Gasteiger partial charge in [-0.05, 0) is 0 Å². The summed E-state index contributed by atoms with van der Waals surface area (Å²) in [7, 11) is 0. The lowest BCUT2D eigenvalue weighted by atomic mass is 10.5. The van der Waals surface area contributed by atoms with Crippen molar-refractivity contribution in [1.82, 2.24) is 0 Å². The Morgan fingerprint density at radius 3 is 2.78 bits per heavy atom. The summed E-state index contributed by atoms with van der Waals surface area (Å²) in [6.45, 7) is 0. The minimum atomic E-state index is -0.700. The fraction of sp³-hybridized carbons (Fsp3) is 0. The van der Waals surface area contributed by atoms with Crippen molar-refractivity contribution in [2.24, 2.45) is 0 Å². The number of hydrogen-bond donors (Lipinski definition) is 0. The van der Waals surface area contributed by atoms with Crippen LogP contribution in [0.4, 0.5) is 4.39 Å². The molecule has 4 heteroatoms. The van der Waals surface area contributed by atoms with E-state index in [4.69, 9.17) is 11.6 Å². The number of pyridine rings is 1. The molecular weight excluding hydrogens is 145 g/mol. The van der Waals surface area contributed by atoms with E-state index in [-0.39, 0.29) is 5.02 Å². The first kappa shape index (κ1) is 6.29. The Balaban J connectivity index is 3.17. The van der Waals surface area contributed by atoms with Crippen LogP contribution in [0.15, 0.2) is 18.5 Å². The quantitative estimate of drug-likeness (QED) is 0.399. The summed E-state index contributed by atoms with van der Waals surface area (Å²) < 4.78 is 12.6. The number of aromatic nitrogens is 1. The fourth-order valence-electron chi connectivity index (χ4n) is 0.435. The summed E-state index contributed by atoms with van der Waals surface area (Å²) in [6.07, 6.45) is 1.90. The Kier molecular flexibility index (Phi) is 1.53. The molecule has 0 spiro atoms. The van der Waals surface area contributed by atoms with Gasteiger partial charge in [0.15, 0.2) is 6.20 Å². The molecule has 2 nitrogen and oxygen atoms in total. The second-order valence-electron chi connectivity index (χ2n) is 1.50. The lowest BCUT2D eigenvalue weighted by Gasteiger charge is -1.93. The van der Waals surface area contributed by atoms with Gasteiger partial charge in [0, 0.05) is 6.07 Å². The molecule has 1 rings (SSSR count). The van der Waals surface area contributed by atoms with Crippen LogP contribution in [-0.4, -0.2) is 0 Å². The Bertz CT molecular complexity index is 228. The van der Waals surface area contributed by atoms with Crippen molar-refractivity contribution < 1.29 is 9.12 Å². The van der Waals surface area contributed by atoms with Gasteiger partial charge >= 0.3 is 0 Å². The van der Waals surface area contributed by atoms with Gasteiger partial charge in [0.1, 0.15) is 0 Å². The van der Waals surface area contributed by atoms with E-state index in [1.165, 1.54) is 6.07 Å². The van der Waals surface area contributed by atoms with Gasteiger partial charge in [0.2, 0.25) is 12.0 Å². The Morgan fingerprint density at radius 2 is 2.33 bits per heavy atom. The highest BCUT2D eigenvalue weighted by molar-refractivity contribution is 6.30. The van der Waals surface area contributed by atoms with Gasteiger partial charge in [0.25, 0.3) is 0 Å². The van der Waals surface area contributed by atoms with Gasteiger partial charge in [-0.15, -0.1) is 0 Å². The van der Waals surface area contributed by atoms with Crippen LogP contribution in [-0.2, 0) is 0 Å². The zero-order valence-corrected chi connectivity index (χ0v) is 5.10. The molecule has 0 fully saturated rings. The van der Waals surface area contributed by atoms with Crippen molar-refractivity contribution in [2.75, 3.05) is 0 Å². The van der Waals surface area contributed by atoms with Crippen LogP contribution in [0.3, 0.4) is 0 Å².